The van der Waals surface area contributed by atoms with Crippen LogP contribution in [0.15, 0.2) is 10.9 Å². The van der Waals surface area contributed by atoms with Gasteiger partial charge in [0.15, 0.2) is 0 Å². The van der Waals surface area contributed by atoms with Gasteiger partial charge in [0.1, 0.15) is 0 Å². The summed E-state index contributed by atoms with van der Waals surface area (Å²) in [6, 6.07) is 1.80. The first-order valence-electron chi connectivity index (χ1n) is 8.22. The van der Waals surface area contributed by atoms with Crippen LogP contribution >= 0.6 is 0 Å². The van der Waals surface area contributed by atoms with Crippen molar-refractivity contribution in [2.75, 3.05) is 26.2 Å². The standard InChI is InChI=1S/C16H23N3O2/c20-16-7-13-3-1-5-15(13)17-19(16)10-12-8-18(9-12)11-14-4-2-6-21-14/h7,12,14H,1-6,8-11H2. The topological polar surface area (TPSA) is 47.4 Å². The van der Waals surface area contributed by atoms with E-state index in [1.54, 1.807) is 10.7 Å². The molecule has 0 N–H and O–H groups in total. The molecule has 4 rings (SSSR count). The Balaban J connectivity index is 1.32. The van der Waals surface area contributed by atoms with Gasteiger partial charge in [0.05, 0.1) is 18.3 Å². The van der Waals surface area contributed by atoms with Gasteiger partial charge >= 0.3 is 0 Å². The Kier molecular flexibility index (Phi) is 3.55. The van der Waals surface area contributed by atoms with Gasteiger partial charge in [-0.05, 0) is 37.7 Å². The molecule has 0 radical (unpaired) electrons. The van der Waals surface area contributed by atoms with Gasteiger partial charge in [-0.1, -0.05) is 0 Å². The molecule has 1 atom stereocenters. The number of rotatable bonds is 4. The first-order chi connectivity index (χ1) is 10.3. The molecule has 114 valence electrons. The SMILES string of the molecule is O=c1cc2c(nn1CC1CN(CC3CCCO3)C1)CCC2. The fourth-order valence-corrected chi connectivity index (χ4v) is 3.83. The summed E-state index contributed by atoms with van der Waals surface area (Å²) in [6.45, 7) is 4.91. The molecule has 21 heavy (non-hydrogen) atoms. The summed E-state index contributed by atoms with van der Waals surface area (Å²) in [6.07, 6.45) is 6.04. The third-order valence-electron chi connectivity index (χ3n) is 4.97. The van der Waals surface area contributed by atoms with Crippen LogP contribution in [0.5, 0.6) is 0 Å². The highest BCUT2D eigenvalue weighted by atomic mass is 16.5. The monoisotopic (exact) mass is 289 g/mol. The number of aryl methyl sites for hydroxylation is 2. The molecule has 3 heterocycles. The van der Waals surface area contributed by atoms with E-state index in [4.69, 9.17) is 4.74 Å². The van der Waals surface area contributed by atoms with Crippen molar-refractivity contribution in [1.29, 1.82) is 0 Å². The number of hydrogen-bond donors (Lipinski definition) is 0. The summed E-state index contributed by atoms with van der Waals surface area (Å²) >= 11 is 0. The lowest BCUT2D eigenvalue weighted by Crippen LogP contribution is -2.51. The van der Waals surface area contributed by atoms with Gasteiger partial charge in [-0.25, -0.2) is 4.68 Å². The molecule has 2 aliphatic heterocycles. The van der Waals surface area contributed by atoms with Crippen molar-refractivity contribution in [3.05, 3.63) is 27.7 Å². The third-order valence-corrected chi connectivity index (χ3v) is 4.97. The van der Waals surface area contributed by atoms with Crippen molar-refractivity contribution in [3.63, 3.8) is 0 Å². The fourth-order valence-electron chi connectivity index (χ4n) is 3.83. The van der Waals surface area contributed by atoms with E-state index in [0.29, 0.717) is 12.0 Å². The molecule has 0 spiro atoms. The van der Waals surface area contributed by atoms with Gasteiger partial charge in [0.2, 0.25) is 0 Å². The number of fused-ring (bicyclic) bond motifs is 1. The quantitative estimate of drug-likeness (QED) is 0.824. The zero-order valence-corrected chi connectivity index (χ0v) is 12.5. The minimum atomic E-state index is 0.0771. The Morgan fingerprint density at radius 3 is 2.95 bits per heavy atom. The van der Waals surface area contributed by atoms with E-state index in [9.17, 15) is 4.79 Å². The fraction of sp³-hybridized carbons (Fsp3) is 0.750. The van der Waals surface area contributed by atoms with Crippen LogP contribution in [0.1, 0.15) is 30.5 Å². The first kappa shape index (κ1) is 13.5. The predicted molar refractivity (Wildman–Crippen MR) is 79.4 cm³/mol. The van der Waals surface area contributed by atoms with E-state index in [2.05, 4.69) is 10.00 Å². The molecular weight excluding hydrogens is 266 g/mol. The zero-order valence-electron chi connectivity index (χ0n) is 12.5. The lowest BCUT2D eigenvalue weighted by Gasteiger charge is -2.40. The highest BCUT2D eigenvalue weighted by molar-refractivity contribution is 5.22. The Hall–Kier alpha value is -1.20. The molecule has 2 fully saturated rings. The van der Waals surface area contributed by atoms with Crippen molar-refractivity contribution in [1.82, 2.24) is 14.7 Å². The zero-order chi connectivity index (χ0) is 14.2. The minimum absolute atomic E-state index is 0.0771. The molecule has 0 bridgehead atoms. The van der Waals surface area contributed by atoms with Crippen LogP contribution in [0.25, 0.3) is 0 Å². The Labute approximate surface area is 124 Å². The first-order valence-corrected chi connectivity index (χ1v) is 8.22. The Morgan fingerprint density at radius 1 is 1.24 bits per heavy atom. The second kappa shape index (κ2) is 5.54. The summed E-state index contributed by atoms with van der Waals surface area (Å²) in [7, 11) is 0. The van der Waals surface area contributed by atoms with E-state index < -0.39 is 0 Å². The summed E-state index contributed by atoms with van der Waals surface area (Å²) in [5, 5.41) is 4.56. The maximum atomic E-state index is 12.1. The van der Waals surface area contributed by atoms with Crippen LogP contribution in [0.2, 0.25) is 0 Å². The van der Waals surface area contributed by atoms with Crippen LogP contribution in [0, 0.1) is 5.92 Å². The molecule has 3 aliphatic rings. The molecule has 0 aromatic carbocycles. The number of hydrogen-bond acceptors (Lipinski definition) is 4. The molecule has 0 amide bonds. The highest BCUT2D eigenvalue weighted by Crippen LogP contribution is 2.22. The van der Waals surface area contributed by atoms with E-state index in [1.165, 1.54) is 18.4 Å². The summed E-state index contributed by atoms with van der Waals surface area (Å²) in [4.78, 5) is 14.5. The van der Waals surface area contributed by atoms with Crippen molar-refractivity contribution in [2.24, 2.45) is 5.92 Å². The molecular formula is C16H23N3O2. The minimum Gasteiger partial charge on any atom is -0.377 e. The molecule has 1 unspecified atom stereocenters. The predicted octanol–water partition coefficient (Wildman–Crippen LogP) is 0.843. The van der Waals surface area contributed by atoms with Gasteiger partial charge in [-0.2, -0.15) is 5.10 Å². The molecule has 1 aliphatic carbocycles. The largest absolute Gasteiger partial charge is 0.377 e. The Bertz CT molecular complexity index is 571. The van der Waals surface area contributed by atoms with Crippen LogP contribution in [-0.4, -0.2) is 47.0 Å². The smallest absolute Gasteiger partial charge is 0.267 e. The third kappa shape index (κ3) is 2.77. The van der Waals surface area contributed by atoms with Gasteiger partial charge in [0, 0.05) is 38.2 Å². The van der Waals surface area contributed by atoms with Crippen LogP contribution in [0.4, 0.5) is 0 Å². The summed E-state index contributed by atoms with van der Waals surface area (Å²) < 4.78 is 7.37. The Morgan fingerprint density at radius 2 is 2.14 bits per heavy atom. The van der Waals surface area contributed by atoms with Gasteiger partial charge in [-0.3, -0.25) is 9.69 Å². The van der Waals surface area contributed by atoms with E-state index in [0.717, 1.165) is 57.7 Å². The van der Waals surface area contributed by atoms with Crippen LogP contribution < -0.4 is 5.56 Å². The average Bonchev–Trinajstić information content (AvgIpc) is 3.07. The molecule has 5 nitrogen and oxygen atoms in total. The summed E-state index contributed by atoms with van der Waals surface area (Å²) in [5.41, 5.74) is 2.39. The molecule has 1 aromatic rings. The molecule has 1 aromatic heterocycles. The number of ether oxygens (including phenoxy) is 1. The second-order valence-corrected chi connectivity index (χ2v) is 6.71. The van der Waals surface area contributed by atoms with E-state index >= 15 is 0 Å². The van der Waals surface area contributed by atoms with Gasteiger partial charge in [-0.15, -0.1) is 0 Å². The van der Waals surface area contributed by atoms with Crippen molar-refractivity contribution in [3.8, 4) is 0 Å². The molecule has 2 saturated heterocycles. The van der Waals surface area contributed by atoms with Crippen LogP contribution in [-0.2, 0) is 24.1 Å². The normalized spacial score (nSPS) is 26.0. The molecule has 0 saturated carbocycles. The lowest BCUT2D eigenvalue weighted by atomic mass is 9.99. The van der Waals surface area contributed by atoms with Crippen molar-refractivity contribution >= 4 is 0 Å². The maximum Gasteiger partial charge on any atom is 0.267 e. The second-order valence-electron chi connectivity index (χ2n) is 6.71. The van der Waals surface area contributed by atoms with E-state index in [1.807, 2.05) is 0 Å². The number of nitrogens with zero attached hydrogens (tertiary/aromatic N) is 3. The van der Waals surface area contributed by atoms with Crippen molar-refractivity contribution < 1.29 is 4.74 Å². The molecule has 5 heteroatoms. The van der Waals surface area contributed by atoms with Gasteiger partial charge < -0.3 is 4.74 Å². The number of aromatic nitrogens is 2. The summed E-state index contributed by atoms with van der Waals surface area (Å²) in [5.74, 6) is 0.566. The maximum absolute atomic E-state index is 12.1. The van der Waals surface area contributed by atoms with Gasteiger partial charge in [0.25, 0.3) is 5.56 Å². The highest BCUT2D eigenvalue weighted by Gasteiger charge is 2.30. The van der Waals surface area contributed by atoms with Crippen molar-refractivity contribution in [2.45, 2.75) is 44.8 Å². The van der Waals surface area contributed by atoms with E-state index in [-0.39, 0.29) is 5.56 Å². The van der Waals surface area contributed by atoms with Crippen LogP contribution in [0.3, 0.4) is 0 Å². The average molecular weight is 289 g/mol. The lowest BCUT2D eigenvalue weighted by molar-refractivity contribution is 0.0177. The number of likely N-dealkylation sites (tertiary alicyclic amines) is 1.